The van der Waals surface area contributed by atoms with Crippen LogP contribution in [-0.2, 0) is 0 Å². The number of aldehydes is 1. The van der Waals surface area contributed by atoms with Crippen molar-refractivity contribution in [2.45, 2.75) is 0 Å². The van der Waals surface area contributed by atoms with Gasteiger partial charge < -0.3 is 9.72 Å². The molecular formula is C14H9ClN2O2. The van der Waals surface area contributed by atoms with Gasteiger partial charge in [-0.05, 0) is 30.3 Å². The maximum Gasteiger partial charge on any atom is 0.150 e. The summed E-state index contributed by atoms with van der Waals surface area (Å²) in [5.74, 6) is 1.14. The third-order valence-corrected chi connectivity index (χ3v) is 3.01. The maximum absolute atomic E-state index is 10.6. The summed E-state index contributed by atoms with van der Waals surface area (Å²) in [4.78, 5) is 17.8. The number of carbonyl (C=O) groups excluding carboxylic acids is 1. The first-order valence-corrected chi connectivity index (χ1v) is 6.00. The van der Waals surface area contributed by atoms with Crippen molar-refractivity contribution >= 4 is 28.9 Å². The molecule has 1 N–H and O–H groups in total. The van der Waals surface area contributed by atoms with Gasteiger partial charge in [-0.25, -0.2) is 4.98 Å². The number of aromatic amines is 1. The molecule has 5 heteroatoms. The van der Waals surface area contributed by atoms with Crippen LogP contribution in [0.25, 0.3) is 11.0 Å². The third-order valence-electron chi connectivity index (χ3n) is 2.71. The predicted molar refractivity (Wildman–Crippen MR) is 73.0 cm³/mol. The van der Waals surface area contributed by atoms with E-state index in [9.17, 15) is 4.79 Å². The van der Waals surface area contributed by atoms with E-state index in [1.165, 1.54) is 0 Å². The Morgan fingerprint density at radius 1 is 1.21 bits per heavy atom. The molecule has 3 rings (SSSR count). The molecule has 0 spiro atoms. The average molecular weight is 273 g/mol. The number of fused-ring (bicyclic) bond motifs is 1. The van der Waals surface area contributed by atoms with Crippen molar-refractivity contribution in [2.75, 3.05) is 0 Å². The van der Waals surface area contributed by atoms with Crippen LogP contribution in [0.5, 0.6) is 11.5 Å². The second-order valence-corrected chi connectivity index (χ2v) is 4.40. The van der Waals surface area contributed by atoms with Gasteiger partial charge in [-0.2, -0.15) is 0 Å². The van der Waals surface area contributed by atoms with Gasteiger partial charge in [-0.1, -0.05) is 11.6 Å². The summed E-state index contributed by atoms with van der Waals surface area (Å²) < 4.78 is 5.68. The Hall–Kier alpha value is -2.33. The van der Waals surface area contributed by atoms with E-state index in [4.69, 9.17) is 16.3 Å². The molecule has 2 aromatic carbocycles. The zero-order valence-corrected chi connectivity index (χ0v) is 10.5. The molecule has 0 amide bonds. The highest BCUT2D eigenvalue weighted by Crippen LogP contribution is 2.30. The van der Waals surface area contributed by atoms with Gasteiger partial charge >= 0.3 is 0 Å². The number of rotatable bonds is 3. The number of nitrogens with one attached hydrogen (secondary N) is 1. The fraction of sp³-hybridized carbons (Fsp3) is 0. The Balaban J connectivity index is 1.93. The van der Waals surface area contributed by atoms with Crippen LogP contribution in [-0.4, -0.2) is 16.3 Å². The van der Waals surface area contributed by atoms with Gasteiger partial charge in [0.15, 0.2) is 0 Å². The smallest absolute Gasteiger partial charge is 0.150 e. The molecule has 0 saturated heterocycles. The number of halogens is 1. The lowest BCUT2D eigenvalue weighted by atomic mass is 10.2. The lowest BCUT2D eigenvalue weighted by Crippen LogP contribution is -1.87. The molecule has 0 radical (unpaired) electrons. The lowest BCUT2D eigenvalue weighted by molar-refractivity contribution is 0.112. The molecule has 1 aromatic heterocycles. The Morgan fingerprint density at radius 3 is 2.89 bits per heavy atom. The van der Waals surface area contributed by atoms with Gasteiger partial charge in [0.05, 0.1) is 22.4 Å². The van der Waals surface area contributed by atoms with Gasteiger partial charge in [0, 0.05) is 11.6 Å². The molecule has 0 saturated carbocycles. The molecule has 0 fully saturated rings. The number of hydrogen-bond donors (Lipinski definition) is 1. The van der Waals surface area contributed by atoms with E-state index in [1.807, 2.05) is 18.2 Å². The number of hydrogen-bond acceptors (Lipinski definition) is 3. The van der Waals surface area contributed by atoms with Crippen molar-refractivity contribution in [1.82, 2.24) is 9.97 Å². The number of aromatic nitrogens is 2. The molecule has 0 aliphatic rings. The van der Waals surface area contributed by atoms with E-state index in [2.05, 4.69) is 9.97 Å². The minimum absolute atomic E-state index is 0.395. The summed E-state index contributed by atoms with van der Waals surface area (Å²) in [6, 6.07) is 10.4. The first kappa shape index (κ1) is 11.7. The van der Waals surface area contributed by atoms with Gasteiger partial charge in [-0.3, -0.25) is 4.79 Å². The molecule has 0 unspecified atom stereocenters. The van der Waals surface area contributed by atoms with Crippen LogP contribution in [0.3, 0.4) is 0 Å². The Kier molecular flexibility index (Phi) is 2.93. The second kappa shape index (κ2) is 4.74. The zero-order valence-electron chi connectivity index (χ0n) is 9.76. The van der Waals surface area contributed by atoms with Crippen LogP contribution >= 0.6 is 11.6 Å². The average Bonchev–Trinajstić information content (AvgIpc) is 2.88. The van der Waals surface area contributed by atoms with Crippen LogP contribution in [0.15, 0.2) is 42.7 Å². The number of H-pyrrole nitrogens is 1. The Labute approximate surface area is 114 Å². The highest BCUT2D eigenvalue weighted by atomic mass is 35.5. The maximum atomic E-state index is 10.6. The molecule has 0 atom stereocenters. The summed E-state index contributed by atoms with van der Waals surface area (Å²) in [5, 5.41) is 0.395. The molecular weight excluding hydrogens is 264 g/mol. The van der Waals surface area contributed by atoms with E-state index in [-0.39, 0.29) is 0 Å². The van der Waals surface area contributed by atoms with Crippen molar-refractivity contribution in [2.24, 2.45) is 0 Å². The monoisotopic (exact) mass is 272 g/mol. The van der Waals surface area contributed by atoms with Crippen LogP contribution < -0.4 is 4.74 Å². The van der Waals surface area contributed by atoms with E-state index in [1.54, 1.807) is 24.5 Å². The van der Waals surface area contributed by atoms with Crippen molar-refractivity contribution in [3.8, 4) is 11.5 Å². The SMILES string of the molecule is O=Cc1ccc(Oc2ccc3[nH]cnc3c2)c(Cl)c1. The fourth-order valence-corrected chi connectivity index (χ4v) is 2.00. The van der Waals surface area contributed by atoms with Crippen molar-refractivity contribution in [1.29, 1.82) is 0 Å². The molecule has 19 heavy (non-hydrogen) atoms. The summed E-state index contributed by atoms with van der Waals surface area (Å²) in [6.45, 7) is 0. The second-order valence-electron chi connectivity index (χ2n) is 3.99. The Bertz CT molecular complexity index is 752. The van der Waals surface area contributed by atoms with E-state index < -0.39 is 0 Å². The largest absolute Gasteiger partial charge is 0.456 e. The fourth-order valence-electron chi connectivity index (χ4n) is 1.78. The van der Waals surface area contributed by atoms with Crippen molar-refractivity contribution in [3.05, 3.63) is 53.3 Å². The minimum Gasteiger partial charge on any atom is -0.456 e. The Morgan fingerprint density at radius 2 is 2.11 bits per heavy atom. The normalized spacial score (nSPS) is 10.6. The number of ether oxygens (including phenoxy) is 1. The highest BCUT2D eigenvalue weighted by Gasteiger charge is 2.05. The topological polar surface area (TPSA) is 55.0 Å². The van der Waals surface area contributed by atoms with Crippen LogP contribution in [0.1, 0.15) is 10.4 Å². The molecule has 0 aliphatic heterocycles. The number of nitrogens with zero attached hydrogens (tertiary/aromatic N) is 1. The van der Waals surface area contributed by atoms with E-state index >= 15 is 0 Å². The standard InChI is InChI=1S/C14H9ClN2O2/c15-11-5-9(7-18)1-4-14(11)19-10-2-3-12-13(6-10)17-8-16-12/h1-8H,(H,16,17). The summed E-state index contributed by atoms with van der Waals surface area (Å²) in [7, 11) is 0. The number of imidazole rings is 1. The van der Waals surface area contributed by atoms with Gasteiger partial charge in [0.25, 0.3) is 0 Å². The van der Waals surface area contributed by atoms with Crippen LogP contribution in [0.4, 0.5) is 0 Å². The number of benzene rings is 2. The van der Waals surface area contributed by atoms with Gasteiger partial charge in [0.2, 0.25) is 0 Å². The van der Waals surface area contributed by atoms with Crippen LogP contribution in [0, 0.1) is 0 Å². The molecule has 3 aromatic rings. The highest BCUT2D eigenvalue weighted by molar-refractivity contribution is 6.32. The van der Waals surface area contributed by atoms with E-state index in [0.29, 0.717) is 22.1 Å². The minimum atomic E-state index is 0.395. The van der Waals surface area contributed by atoms with Gasteiger partial charge in [-0.15, -0.1) is 0 Å². The van der Waals surface area contributed by atoms with E-state index in [0.717, 1.165) is 17.3 Å². The first-order valence-electron chi connectivity index (χ1n) is 5.62. The molecule has 0 aliphatic carbocycles. The van der Waals surface area contributed by atoms with Gasteiger partial charge in [0.1, 0.15) is 17.8 Å². The predicted octanol–water partition coefficient (Wildman–Crippen LogP) is 3.82. The first-order chi connectivity index (χ1) is 9.26. The lowest BCUT2D eigenvalue weighted by Gasteiger charge is -2.07. The van der Waals surface area contributed by atoms with Crippen LogP contribution in [0.2, 0.25) is 5.02 Å². The third kappa shape index (κ3) is 2.30. The zero-order chi connectivity index (χ0) is 13.2. The summed E-state index contributed by atoms with van der Waals surface area (Å²) in [5.41, 5.74) is 2.27. The summed E-state index contributed by atoms with van der Waals surface area (Å²) in [6.07, 6.45) is 2.37. The van der Waals surface area contributed by atoms with Crippen molar-refractivity contribution < 1.29 is 9.53 Å². The number of carbonyl (C=O) groups is 1. The quantitative estimate of drug-likeness (QED) is 0.738. The molecule has 94 valence electrons. The molecule has 4 nitrogen and oxygen atoms in total. The molecule has 0 bridgehead atoms. The summed E-state index contributed by atoms with van der Waals surface area (Å²) >= 11 is 6.05. The molecule has 1 heterocycles. The van der Waals surface area contributed by atoms with Crippen molar-refractivity contribution in [3.63, 3.8) is 0 Å².